The summed E-state index contributed by atoms with van der Waals surface area (Å²) in [6.45, 7) is 0.731. The number of halogens is 1. The first-order valence-electron chi connectivity index (χ1n) is 7.57. The van der Waals surface area contributed by atoms with Gasteiger partial charge >= 0.3 is 11.1 Å². The van der Waals surface area contributed by atoms with Crippen LogP contribution in [0.5, 0.6) is 5.75 Å². The Hall–Kier alpha value is -2.66. The molecule has 0 aliphatic carbocycles. The molecule has 3 rings (SSSR count). The standard InChI is InChI=1S/C10H9ClN2S.C7H6O6S/c11-9-4-2-1-3-8(9)7-13-5-6-14-10(13)12;8-6-2-1-4(14(11,12)13)3-5(6)7(9)10/h1-6,12H,7H2;1-3,8H,(H,9,10)(H,11,12,13). The van der Waals surface area contributed by atoms with Gasteiger partial charge in [0.05, 0.1) is 4.90 Å². The van der Waals surface area contributed by atoms with Crippen molar-refractivity contribution in [2.75, 3.05) is 5.73 Å². The maximum Gasteiger partial charge on any atom is 0.339 e. The molecule has 3 aromatic rings. The summed E-state index contributed by atoms with van der Waals surface area (Å²) in [5.41, 5.74) is 6.24. The van der Waals surface area contributed by atoms with E-state index in [0.717, 1.165) is 34.4 Å². The van der Waals surface area contributed by atoms with Crippen LogP contribution in [0.3, 0.4) is 0 Å². The van der Waals surface area contributed by atoms with E-state index >= 15 is 0 Å². The van der Waals surface area contributed by atoms with E-state index in [0.29, 0.717) is 6.07 Å². The highest BCUT2D eigenvalue weighted by Crippen LogP contribution is 2.21. The molecule has 0 aliphatic heterocycles. The average molecular weight is 443 g/mol. The third kappa shape index (κ3) is 5.67. The van der Waals surface area contributed by atoms with E-state index in [-0.39, 0.29) is 0 Å². The van der Waals surface area contributed by atoms with Gasteiger partial charge in [0.2, 0.25) is 0 Å². The van der Waals surface area contributed by atoms with Crippen molar-refractivity contribution in [1.29, 1.82) is 0 Å². The van der Waals surface area contributed by atoms with E-state index in [1.807, 2.05) is 40.4 Å². The zero-order chi connectivity index (χ0) is 20.9. The molecule has 11 heteroatoms. The number of aromatic hydroxyl groups is 1. The molecule has 0 radical (unpaired) electrons. The Kier molecular flexibility index (Phi) is 6.97. The van der Waals surface area contributed by atoms with E-state index in [1.165, 1.54) is 11.3 Å². The molecule has 1 aromatic heterocycles. The molecule has 0 aliphatic rings. The van der Waals surface area contributed by atoms with E-state index in [1.54, 1.807) is 0 Å². The summed E-state index contributed by atoms with van der Waals surface area (Å²) in [4.78, 5) is 9.76. The van der Waals surface area contributed by atoms with Gasteiger partial charge in [-0.2, -0.15) is 0 Å². The summed E-state index contributed by atoms with van der Waals surface area (Å²) in [6.07, 6.45) is 1.96. The van der Waals surface area contributed by atoms with Crippen LogP contribution in [0.1, 0.15) is 15.9 Å². The Morgan fingerprint density at radius 2 is 1.93 bits per heavy atom. The third-order valence-electron chi connectivity index (χ3n) is 3.50. The quantitative estimate of drug-likeness (QED) is 0.415. The summed E-state index contributed by atoms with van der Waals surface area (Å²) in [5, 5.41) is 21.0. The van der Waals surface area contributed by atoms with Gasteiger partial charge in [0.15, 0.2) is 0 Å². The summed E-state index contributed by atoms with van der Waals surface area (Å²) >= 11 is 7.57. The van der Waals surface area contributed by atoms with Crippen LogP contribution in [-0.4, -0.2) is 29.2 Å². The number of rotatable bonds is 4. The van der Waals surface area contributed by atoms with Crippen molar-refractivity contribution in [2.24, 2.45) is 0 Å². The normalized spacial score (nSPS) is 10.8. The smallest absolute Gasteiger partial charge is 0.339 e. The lowest BCUT2D eigenvalue weighted by Crippen LogP contribution is -2.34. The largest absolute Gasteiger partial charge is 0.744 e. The van der Waals surface area contributed by atoms with Gasteiger partial charge in [0.25, 0.3) is 0 Å². The molecule has 8 nitrogen and oxygen atoms in total. The Bertz CT molecular complexity index is 1100. The number of hydrogen-bond donors (Lipinski definition) is 3. The Morgan fingerprint density at radius 3 is 2.46 bits per heavy atom. The van der Waals surface area contributed by atoms with Crippen molar-refractivity contribution in [3.05, 3.63) is 70.2 Å². The van der Waals surface area contributed by atoms with Gasteiger partial charge in [0.1, 0.15) is 34.2 Å². The molecule has 28 heavy (non-hydrogen) atoms. The number of phenols is 1. The number of benzene rings is 2. The number of nitrogens with two attached hydrogens (primary N) is 1. The fourth-order valence-corrected chi connectivity index (χ4v) is 3.40. The van der Waals surface area contributed by atoms with Gasteiger partial charge in [-0.25, -0.2) is 17.8 Å². The minimum atomic E-state index is -4.70. The van der Waals surface area contributed by atoms with Gasteiger partial charge in [-0.3, -0.25) is 5.73 Å². The molecule has 0 spiro atoms. The van der Waals surface area contributed by atoms with Gasteiger partial charge in [-0.15, -0.1) is 0 Å². The fourth-order valence-electron chi connectivity index (χ4n) is 2.10. The van der Waals surface area contributed by atoms with Crippen LogP contribution in [0.2, 0.25) is 5.02 Å². The number of nitrogens with zero attached hydrogens (tertiary/aromatic N) is 1. The van der Waals surface area contributed by atoms with Crippen molar-refractivity contribution >= 4 is 44.2 Å². The van der Waals surface area contributed by atoms with Crippen molar-refractivity contribution < 1.29 is 32.5 Å². The summed E-state index contributed by atoms with van der Waals surface area (Å²) in [5.74, 6) is -2.10. The van der Waals surface area contributed by atoms with Gasteiger partial charge in [-0.05, 0) is 24.3 Å². The number of hydrogen-bond acceptors (Lipinski definition) is 7. The van der Waals surface area contributed by atoms with E-state index < -0.39 is 32.3 Å². The van der Waals surface area contributed by atoms with Gasteiger partial charge < -0.3 is 14.8 Å². The van der Waals surface area contributed by atoms with Crippen molar-refractivity contribution in [3.63, 3.8) is 0 Å². The molecular weight excluding hydrogens is 428 g/mol. The summed E-state index contributed by atoms with van der Waals surface area (Å²) in [6, 6.07) is 10.1. The highest BCUT2D eigenvalue weighted by molar-refractivity contribution is 7.85. The lowest BCUT2D eigenvalue weighted by molar-refractivity contribution is -0.669. The molecule has 0 fully saturated rings. The third-order valence-corrected chi connectivity index (χ3v) is 5.43. The number of nitrogen functional groups attached to an aromatic ring is 1. The molecule has 0 atom stereocenters. The highest BCUT2D eigenvalue weighted by atomic mass is 35.5. The SMILES string of the molecule is Nc1scc[n+]1Cc1ccccc1Cl.O=C(O)c1cc(S(=O)(=O)[O-])ccc1O. The monoisotopic (exact) mass is 442 g/mol. The predicted molar refractivity (Wildman–Crippen MR) is 103 cm³/mol. The van der Waals surface area contributed by atoms with Crippen LogP contribution < -0.4 is 10.3 Å². The van der Waals surface area contributed by atoms with Crippen LogP contribution >= 0.6 is 22.9 Å². The minimum absolute atomic E-state index is 0.593. The second-order valence-electron chi connectivity index (χ2n) is 5.40. The second-order valence-corrected chi connectivity index (χ2v) is 8.11. The van der Waals surface area contributed by atoms with Crippen LogP contribution in [0.25, 0.3) is 0 Å². The molecule has 1 heterocycles. The summed E-state index contributed by atoms with van der Waals surface area (Å²) < 4.78 is 33.4. The number of aromatic carboxylic acids is 1. The van der Waals surface area contributed by atoms with Crippen molar-refractivity contribution in [2.45, 2.75) is 11.4 Å². The first kappa shape index (κ1) is 21.6. The highest BCUT2D eigenvalue weighted by Gasteiger charge is 2.12. The maximum absolute atomic E-state index is 10.5. The second kappa shape index (κ2) is 9.02. The van der Waals surface area contributed by atoms with Crippen molar-refractivity contribution in [1.82, 2.24) is 0 Å². The lowest BCUT2D eigenvalue weighted by Gasteiger charge is -2.08. The molecule has 0 saturated carbocycles. The van der Waals surface area contributed by atoms with E-state index in [4.69, 9.17) is 27.5 Å². The molecule has 2 aromatic carbocycles. The van der Waals surface area contributed by atoms with E-state index in [9.17, 15) is 17.8 Å². The van der Waals surface area contributed by atoms with E-state index in [2.05, 4.69) is 0 Å². The molecule has 148 valence electrons. The van der Waals surface area contributed by atoms with Crippen molar-refractivity contribution in [3.8, 4) is 5.75 Å². The number of carbonyl (C=O) groups is 1. The van der Waals surface area contributed by atoms with Crippen LogP contribution in [0, 0.1) is 0 Å². The zero-order valence-corrected chi connectivity index (χ0v) is 16.5. The first-order valence-corrected chi connectivity index (χ1v) is 10.2. The van der Waals surface area contributed by atoms with Gasteiger partial charge in [0, 0.05) is 16.0 Å². The Labute approximate surface area is 169 Å². The number of anilines is 1. The molecule has 0 saturated heterocycles. The zero-order valence-electron chi connectivity index (χ0n) is 14.1. The number of carboxylic acids is 1. The number of thiazole rings is 1. The predicted octanol–water partition coefficient (Wildman–Crippen LogP) is 2.31. The maximum atomic E-state index is 10.5. The summed E-state index contributed by atoms with van der Waals surface area (Å²) in [7, 11) is -4.70. The fraction of sp³-hybridized carbons (Fsp3) is 0.0588. The minimum Gasteiger partial charge on any atom is -0.744 e. The Morgan fingerprint density at radius 1 is 1.25 bits per heavy atom. The number of carboxylic acid groups (broad SMARTS) is 1. The van der Waals surface area contributed by atoms with Crippen LogP contribution in [0.4, 0.5) is 5.13 Å². The van der Waals surface area contributed by atoms with Crippen LogP contribution in [0.15, 0.2) is 58.9 Å². The molecule has 0 bridgehead atoms. The van der Waals surface area contributed by atoms with Crippen LogP contribution in [-0.2, 0) is 16.7 Å². The average Bonchev–Trinajstić information content (AvgIpc) is 3.01. The number of aromatic nitrogens is 1. The first-order chi connectivity index (χ1) is 13.1. The topological polar surface area (TPSA) is 145 Å². The Balaban J connectivity index is 0.000000200. The lowest BCUT2D eigenvalue weighted by atomic mass is 10.2. The van der Waals surface area contributed by atoms with Gasteiger partial charge in [-0.1, -0.05) is 41.1 Å². The molecule has 4 N–H and O–H groups in total. The molecule has 0 amide bonds. The molecular formula is C17H15ClN2O6S2. The molecule has 0 unspecified atom stereocenters.